The van der Waals surface area contributed by atoms with Crippen LogP contribution in [0.2, 0.25) is 0 Å². The van der Waals surface area contributed by atoms with Gasteiger partial charge in [-0.1, -0.05) is 6.07 Å². The molecule has 1 aromatic rings. The van der Waals surface area contributed by atoms with Crippen molar-refractivity contribution in [2.45, 2.75) is 16.7 Å². The number of amides is 4. The maximum absolute atomic E-state index is 12.4. The van der Waals surface area contributed by atoms with Crippen LogP contribution < -0.4 is 10.6 Å². The number of sulfonamides is 1. The molecule has 3 rings (SSSR count). The van der Waals surface area contributed by atoms with Crippen molar-refractivity contribution in [1.82, 2.24) is 19.8 Å². The molecule has 1 unspecified atom stereocenters. The Morgan fingerprint density at radius 3 is 2.50 bits per heavy atom. The van der Waals surface area contributed by atoms with Crippen molar-refractivity contribution in [2.24, 2.45) is 0 Å². The van der Waals surface area contributed by atoms with E-state index in [2.05, 4.69) is 10.6 Å². The fourth-order valence-corrected chi connectivity index (χ4v) is 5.19. The number of nitrogens with one attached hydrogen (secondary N) is 2. The molecule has 2 aliphatic rings. The van der Waals surface area contributed by atoms with Crippen molar-refractivity contribution in [3.05, 3.63) is 17.5 Å². The quantitative estimate of drug-likeness (QED) is 0.670. The molecule has 0 spiro atoms. The highest BCUT2D eigenvalue weighted by Gasteiger charge is 2.35. The number of rotatable bonds is 4. The monoisotopic (exact) mass is 372 g/mol. The van der Waals surface area contributed by atoms with Gasteiger partial charge < -0.3 is 10.2 Å². The predicted molar refractivity (Wildman–Crippen MR) is 84.7 cm³/mol. The fraction of sp³-hybridized carbons (Fsp3) is 0.462. The van der Waals surface area contributed by atoms with Gasteiger partial charge >= 0.3 is 6.03 Å². The summed E-state index contributed by atoms with van der Waals surface area (Å²) in [5.41, 5.74) is 0. The predicted octanol–water partition coefficient (Wildman–Crippen LogP) is -0.821. The molecule has 130 valence electrons. The average Bonchev–Trinajstić information content (AvgIpc) is 3.18. The minimum Gasteiger partial charge on any atom is -0.340 e. The molecule has 0 aromatic carbocycles. The Labute approximate surface area is 142 Å². The van der Waals surface area contributed by atoms with Crippen LogP contribution in [0.3, 0.4) is 0 Å². The van der Waals surface area contributed by atoms with Gasteiger partial charge in [0.05, 0.1) is 6.42 Å². The van der Waals surface area contributed by atoms with Crippen molar-refractivity contribution in [2.75, 3.05) is 26.2 Å². The second-order valence-corrected chi connectivity index (χ2v) is 8.55. The number of urea groups is 1. The molecule has 1 aromatic heterocycles. The number of hydrogen-bond donors (Lipinski definition) is 2. The third-order valence-corrected chi connectivity index (χ3v) is 7.19. The van der Waals surface area contributed by atoms with Crippen molar-refractivity contribution in [1.29, 1.82) is 0 Å². The Balaban J connectivity index is 1.56. The Morgan fingerprint density at radius 1 is 1.25 bits per heavy atom. The van der Waals surface area contributed by atoms with Crippen LogP contribution in [0.4, 0.5) is 4.79 Å². The van der Waals surface area contributed by atoms with Crippen LogP contribution in [-0.4, -0.2) is 67.7 Å². The Kier molecular flexibility index (Phi) is 4.56. The van der Waals surface area contributed by atoms with Gasteiger partial charge in [0, 0.05) is 26.2 Å². The zero-order valence-electron chi connectivity index (χ0n) is 12.6. The topological polar surface area (TPSA) is 116 Å². The molecule has 0 bridgehead atoms. The van der Waals surface area contributed by atoms with E-state index in [1.807, 2.05) is 0 Å². The Bertz CT molecular complexity index is 753. The van der Waals surface area contributed by atoms with Gasteiger partial charge in [-0.25, -0.2) is 13.2 Å². The van der Waals surface area contributed by atoms with E-state index in [0.717, 1.165) is 11.3 Å². The van der Waals surface area contributed by atoms with Crippen LogP contribution in [0, 0.1) is 0 Å². The minimum atomic E-state index is -3.51. The standard InChI is InChI=1S/C13H16N4O5S2/c18-10(8-9-12(19)15-13(20)14-9)16-3-5-17(6-4-16)24(21,22)11-2-1-7-23-11/h1-2,7,9H,3-6,8H2,(H2,14,15,19,20). The normalized spacial score (nSPS) is 22.3. The maximum atomic E-state index is 12.4. The summed E-state index contributed by atoms with van der Waals surface area (Å²) in [4.78, 5) is 36.2. The number of hydrogen-bond acceptors (Lipinski definition) is 6. The van der Waals surface area contributed by atoms with Gasteiger partial charge in [0.15, 0.2) is 0 Å². The zero-order valence-corrected chi connectivity index (χ0v) is 14.2. The van der Waals surface area contributed by atoms with Crippen molar-refractivity contribution >= 4 is 39.2 Å². The molecule has 24 heavy (non-hydrogen) atoms. The molecule has 1 atom stereocenters. The molecule has 0 saturated carbocycles. The summed E-state index contributed by atoms with van der Waals surface area (Å²) in [6, 6.07) is 1.76. The first-order chi connectivity index (χ1) is 11.4. The highest BCUT2D eigenvalue weighted by Crippen LogP contribution is 2.22. The van der Waals surface area contributed by atoms with Crippen molar-refractivity contribution in [3.63, 3.8) is 0 Å². The van der Waals surface area contributed by atoms with Gasteiger partial charge in [-0.05, 0) is 11.4 Å². The first-order valence-electron chi connectivity index (χ1n) is 7.31. The first-order valence-corrected chi connectivity index (χ1v) is 9.62. The van der Waals surface area contributed by atoms with E-state index in [0.29, 0.717) is 0 Å². The number of imide groups is 1. The van der Waals surface area contributed by atoms with E-state index in [-0.39, 0.29) is 42.7 Å². The number of piperazine rings is 1. The Hall–Kier alpha value is -1.98. The molecule has 2 aliphatic heterocycles. The third kappa shape index (κ3) is 3.28. The van der Waals surface area contributed by atoms with Crippen LogP contribution in [0.5, 0.6) is 0 Å². The lowest BCUT2D eigenvalue weighted by Crippen LogP contribution is -2.51. The second-order valence-electron chi connectivity index (χ2n) is 5.44. The highest BCUT2D eigenvalue weighted by atomic mass is 32.2. The molecule has 4 amide bonds. The molecule has 2 N–H and O–H groups in total. The second kappa shape index (κ2) is 6.49. The highest BCUT2D eigenvalue weighted by molar-refractivity contribution is 7.91. The summed E-state index contributed by atoms with van der Waals surface area (Å²) in [5, 5.41) is 6.15. The average molecular weight is 372 g/mol. The van der Waals surface area contributed by atoms with Crippen LogP contribution in [-0.2, 0) is 19.6 Å². The van der Waals surface area contributed by atoms with Crippen molar-refractivity contribution in [3.8, 4) is 0 Å². The molecule has 0 aliphatic carbocycles. The number of carbonyl (C=O) groups excluding carboxylic acids is 3. The lowest BCUT2D eigenvalue weighted by atomic mass is 10.2. The number of nitrogens with zero attached hydrogens (tertiary/aromatic N) is 2. The van der Waals surface area contributed by atoms with Crippen LogP contribution in [0.1, 0.15) is 6.42 Å². The van der Waals surface area contributed by atoms with Gasteiger partial charge in [0.25, 0.3) is 15.9 Å². The maximum Gasteiger partial charge on any atom is 0.322 e. The molecular formula is C13H16N4O5S2. The molecule has 2 fully saturated rings. The lowest BCUT2D eigenvalue weighted by molar-refractivity contribution is -0.134. The van der Waals surface area contributed by atoms with Crippen LogP contribution >= 0.6 is 11.3 Å². The summed E-state index contributed by atoms with van der Waals surface area (Å²) in [5.74, 6) is -0.808. The van der Waals surface area contributed by atoms with E-state index in [9.17, 15) is 22.8 Å². The van der Waals surface area contributed by atoms with Gasteiger partial charge in [-0.3, -0.25) is 14.9 Å². The minimum absolute atomic E-state index is 0.130. The molecule has 3 heterocycles. The van der Waals surface area contributed by atoms with Gasteiger partial charge in [0.2, 0.25) is 5.91 Å². The first kappa shape index (κ1) is 16.9. The van der Waals surface area contributed by atoms with Gasteiger partial charge in [0.1, 0.15) is 10.3 Å². The molecule has 9 nitrogen and oxygen atoms in total. The van der Waals surface area contributed by atoms with Crippen LogP contribution in [0.15, 0.2) is 21.7 Å². The third-order valence-electron chi connectivity index (χ3n) is 3.92. The smallest absolute Gasteiger partial charge is 0.322 e. The SMILES string of the molecule is O=C1NC(=O)C(CC(=O)N2CCN(S(=O)(=O)c3cccs3)CC2)N1. The van der Waals surface area contributed by atoms with E-state index in [1.165, 1.54) is 9.21 Å². The molecule has 11 heteroatoms. The molecule has 2 saturated heterocycles. The summed E-state index contributed by atoms with van der Waals surface area (Å²) in [6.07, 6.45) is -0.130. The summed E-state index contributed by atoms with van der Waals surface area (Å²) < 4.78 is 26.5. The summed E-state index contributed by atoms with van der Waals surface area (Å²) in [7, 11) is -3.51. The zero-order chi connectivity index (χ0) is 17.3. The number of carbonyl (C=O) groups is 3. The van der Waals surface area contributed by atoms with E-state index >= 15 is 0 Å². The van der Waals surface area contributed by atoms with Gasteiger partial charge in [-0.15, -0.1) is 11.3 Å². The summed E-state index contributed by atoms with van der Waals surface area (Å²) in [6.45, 7) is 0.918. The van der Waals surface area contributed by atoms with Gasteiger partial charge in [-0.2, -0.15) is 4.31 Å². The fourth-order valence-electron chi connectivity index (χ4n) is 2.62. The lowest BCUT2D eigenvalue weighted by Gasteiger charge is -2.34. The molecular weight excluding hydrogens is 356 g/mol. The summed E-state index contributed by atoms with van der Waals surface area (Å²) >= 11 is 1.16. The van der Waals surface area contributed by atoms with E-state index in [1.54, 1.807) is 17.5 Å². The molecule has 0 radical (unpaired) electrons. The Morgan fingerprint density at radius 2 is 1.96 bits per heavy atom. The van der Waals surface area contributed by atoms with Crippen LogP contribution in [0.25, 0.3) is 0 Å². The van der Waals surface area contributed by atoms with E-state index < -0.39 is 28.0 Å². The van der Waals surface area contributed by atoms with Crippen molar-refractivity contribution < 1.29 is 22.8 Å². The number of thiophene rings is 1. The largest absolute Gasteiger partial charge is 0.340 e. The van der Waals surface area contributed by atoms with E-state index in [4.69, 9.17) is 0 Å².